The highest BCUT2D eigenvalue weighted by atomic mass is 16.5. The van der Waals surface area contributed by atoms with E-state index in [0.717, 1.165) is 5.56 Å². The van der Waals surface area contributed by atoms with Crippen molar-refractivity contribution in [3.8, 4) is 0 Å². The number of ether oxygens (including phenoxy) is 1. The van der Waals surface area contributed by atoms with Gasteiger partial charge in [0.25, 0.3) is 0 Å². The zero-order chi connectivity index (χ0) is 13.4. The zero-order valence-electron chi connectivity index (χ0n) is 11.1. The molecule has 0 saturated heterocycles. The molecule has 3 N–H and O–H groups in total. The van der Waals surface area contributed by atoms with Crippen molar-refractivity contribution in [1.29, 1.82) is 0 Å². The maximum absolute atomic E-state index is 11.7. The molecule has 0 radical (unpaired) electrons. The lowest BCUT2D eigenvalue weighted by molar-refractivity contribution is -0.122. The minimum Gasteiger partial charge on any atom is -0.377 e. The molecular formula is C14H22N2O2. The standard InChI is InChI=1S/C14H22N2O2/c1-11(2)18-9-8-16-14(17)13(15)10-12-6-4-3-5-7-12/h3-7,11,13H,8-10,15H2,1-2H3,(H,16,17)/t13-/m0/s1. The van der Waals surface area contributed by atoms with Gasteiger partial charge in [-0.3, -0.25) is 4.79 Å². The Morgan fingerprint density at radius 1 is 1.33 bits per heavy atom. The second kappa shape index (κ2) is 7.84. The monoisotopic (exact) mass is 250 g/mol. The summed E-state index contributed by atoms with van der Waals surface area (Å²) in [5, 5.41) is 2.77. The van der Waals surface area contributed by atoms with Crippen LogP contribution in [0.5, 0.6) is 0 Å². The van der Waals surface area contributed by atoms with Crippen LogP contribution in [0.4, 0.5) is 0 Å². The maximum atomic E-state index is 11.7. The first-order valence-corrected chi connectivity index (χ1v) is 6.28. The van der Waals surface area contributed by atoms with E-state index in [4.69, 9.17) is 10.5 Å². The molecule has 0 saturated carbocycles. The number of amides is 1. The van der Waals surface area contributed by atoms with Crippen LogP contribution in [0.3, 0.4) is 0 Å². The minimum atomic E-state index is -0.508. The van der Waals surface area contributed by atoms with Gasteiger partial charge in [0.1, 0.15) is 0 Å². The van der Waals surface area contributed by atoms with E-state index in [9.17, 15) is 4.79 Å². The Labute approximate surface area is 109 Å². The maximum Gasteiger partial charge on any atom is 0.237 e. The molecule has 0 bridgehead atoms. The van der Waals surface area contributed by atoms with E-state index in [0.29, 0.717) is 19.6 Å². The molecule has 0 fully saturated rings. The normalized spacial score (nSPS) is 12.4. The van der Waals surface area contributed by atoms with E-state index < -0.39 is 6.04 Å². The fraction of sp³-hybridized carbons (Fsp3) is 0.500. The Hall–Kier alpha value is -1.39. The zero-order valence-corrected chi connectivity index (χ0v) is 11.1. The van der Waals surface area contributed by atoms with Crippen LogP contribution < -0.4 is 11.1 Å². The number of hydrogen-bond acceptors (Lipinski definition) is 3. The smallest absolute Gasteiger partial charge is 0.237 e. The predicted molar refractivity (Wildman–Crippen MR) is 72.2 cm³/mol. The third-order valence-corrected chi connectivity index (χ3v) is 2.49. The quantitative estimate of drug-likeness (QED) is 0.712. The van der Waals surface area contributed by atoms with Gasteiger partial charge in [0.2, 0.25) is 5.91 Å². The summed E-state index contributed by atoms with van der Waals surface area (Å²) >= 11 is 0. The van der Waals surface area contributed by atoms with E-state index in [1.165, 1.54) is 0 Å². The van der Waals surface area contributed by atoms with Gasteiger partial charge in [-0.1, -0.05) is 30.3 Å². The van der Waals surface area contributed by atoms with Gasteiger partial charge in [0.05, 0.1) is 18.8 Å². The summed E-state index contributed by atoms with van der Waals surface area (Å²) in [7, 11) is 0. The van der Waals surface area contributed by atoms with Crippen molar-refractivity contribution >= 4 is 5.91 Å². The molecule has 0 aliphatic heterocycles. The fourth-order valence-corrected chi connectivity index (χ4v) is 1.56. The molecule has 0 spiro atoms. The number of nitrogens with two attached hydrogens (primary N) is 1. The van der Waals surface area contributed by atoms with Gasteiger partial charge in [0, 0.05) is 6.54 Å². The van der Waals surface area contributed by atoms with Gasteiger partial charge in [-0.2, -0.15) is 0 Å². The third kappa shape index (κ3) is 5.80. The molecule has 1 aromatic rings. The molecule has 0 aliphatic carbocycles. The Balaban J connectivity index is 2.25. The molecule has 1 amide bonds. The van der Waals surface area contributed by atoms with Crippen LogP contribution in [-0.4, -0.2) is 31.2 Å². The minimum absolute atomic E-state index is 0.133. The average Bonchev–Trinajstić information content (AvgIpc) is 2.35. The number of carbonyl (C=O) groups excluding carboxylic acids is 1. The van der Waals surface area contributed by atoms with Crippen LogP contribution >= 0.6 is 0 Å². The van der Waals surface area contributed by atoms with Gasteiger partial charge in [0.15, 0.2) is 0 Å². The SMILES string of the molecule is CC(C)OCCNC(=O)[C@@H](N)Cc1ccccc1. The highest BCUT2D eigenvalue weighted by Gasteiger charge is 2.13. The van der Waals surface area contributed by atoms with Crippen LogP contribution in [0.1, 0.15) is 19.4 Å². The van der Waals surface area contributed by atoms with Crippen molar-refractivity contribution in [2.75, 3.05) is 13.2 Å². The van der Waals surface area contributed by atoms with Crippen molar-refractivity contribution in [3.05, 3.63) is 35.9 Å². The summed E-state index contributed by atoms with van der Waals surface area (Å²) in [4.78, 5) is 11.7. The Morgan fingerprint density at radius 3 is 2.61 bits per heavy atom. The molecule has 0 aromatic heterocycles. The molecule has 100 valence electrons. The van der Waals surface area contributed by atoms with Gasteiger partial charge in [-0.05, 0) is 25.8 Å². The van der Waals surface area contributed by atoms with E-state index >= 15 is 0 Å². The largest absolute Gasteiger partial charge is 0.377 e. The topological polar surface area (TPSA) is 64.3 Å². The van der Waals surface area contributed by atoms with E-state index in [1.807, 2.05) is 44.2 Å². The van der Waals surface area contributed by atoms with Crippen molar-refractivity contribution in [2.24, 2.45) is 5.73 Å². The van der Waals surface area contributed by atoms with E-state index in [-0.39, 0.29) is 12.0 Å². The Morgan fingerprint density at radius 2 is 2.00 bits per heavy atom. The van der Waals surface area contributed by atoms with E-state index in [2.05, 4.69) is 5.32 Å². The van der Waals surface area contributed by atoms with Crippen LogP contribution in [0.25, 0.3) is 0 Å². The second-order valence-electron chi connectivity index (χ2n) is 4.51. The summed E-state index contributed by atoms with van der Waals surface area (Å²) < 4.78 is 5.33. The summed E-state index contributed by atoms with van der Waals surface area (Å²) in [6, 6.07) is 9.25. The summed E-state index contributed by atoms with van der Waals surface area (Å²) in [6.07, 6.45) is 0.734. The van der Waals surface area contributed by atoms with Crippen molar-refractivity contribution < 1.29 is 9.53 Å². The first kappa shape index (κ1) is 14.7. The summed E-state index contributed by atoms with van der Waals surface area (Å²) in [6.45, 7) is 4.94. The lowest BCUT2D eigenvalue weighted by Gasteiger charge is -2.13. The molecule has 0 heterocycles. The van der Waals surface area contributed by atoms with Crippen molar-refractivity contribution in [1.82, 2.24) is 5.32 Å². The highest BCUT2D eigenvalue weighted by molar-refractivity contribution is 5.81. The molecule has 4 nitrogen and oxygen atoms in total. The van der Waals surface area contributed by atoms with Crippen LogP contribution in [0, 0.1) is 0 Å². The molecule has 1 atom stereocenters. The summed E-state index contributed by atoms with van der Waals surface area (Å²) in [5.41, 5.74) is 6.91. The lowest BCUT2D eigenvalue weighted by atomic mass is 10.1. The van der Waals surface area contributed by atoms with Gasteiger partial charge in [-0.25, -0.2) is 0 Å². The predicted octanol–water partition coefficient (Wildman–Crippen LogP) is 1.10. The lowest BCUT2D eigenvalue weighted by Crippen LogP contribution is -2.43. The van der Waals surface area contributed by atoms with E-state index in [1.54, 1.807) is 0 Å². The van der Waals surface area contributed by atoms with Crippen molar-refractivity contribution in [3.63, 3.8) is 0 Å². The first-order chi connectivity index (χ1) is 8.59. The van der Waals surface area contributed by atoms with Gasteiger partial charge < -0.3 is 15.8 Å². The average molecular weight is 250 g/mol. The first-order valence-electron chi connectivity index (χ1n) is 6.28. The molecule has 0 aliphatic rings. The van der Waals surface area contributed by atoms with Crippen LogP contribution in [-0.2, 0) is 16.0 Å². The number of rotatable bonds is 7. The molecule has 18 heavy (non-hydrogen) atoms. The van der Waals surface area contributed by atoms with Crippen molar-refractivity contribution in [2.45, 2.75) is 32.4 Å². The van der Waals surface area contributed by atoms with Gasteiger partial charge in [-0.15, -0.1) is 0 Å². The van der Waals surface area contributed by atoms with Crippen LogP contribution in [0.2, 0.25) is 0 Å². The fourth-order valence-electron chi connectivity index (χ4n) is 1.56. The third-order valence-electron chi connectivity index (χ3n) is 2.49. The number of carbonyl (C=O) groups is 1. The molecule has 0 unspecified atom stereocenters. The second-order valence-corrected chi connectivity index (χ2v) is 4.51. The highest BCUT2D eigenvalue weighted by Crippen LogP contribution is 2.01. The Bertz CT molecular complexity index is 352. The number of hydrogen-bond donors (Lipinski definition) is 2. The number of benzene rings is 1. The Kier molecular flexibility index (Phi) is 6.39. The van der Waals surface area contributed by atoms with Crippen LogP contribution in [0.15, 0.2) is 30.3 Å². The molecule has 4 heteroatoms. The molecular weight excluding hydrogens is 228 g/mol. The number of nitrogens with one attached hydrogen (secondary N) is 1. The molecule has 1 aromatic carbocycles. The molecule has 1 rings (SSSR count). The summed E-state index contributed by atoms with van der Waals surface area (Å²) in [5.74, 6) is -0.133. The van der Waals surface area contributed by atoms with Gasteiger partial charge >= 0.3 is 0 Å².